The average Bonchev–Trinajstić information content (AvgIpc) is 2.20. The summed E-state index contributed by atoms with van der Waals surface area (Å²) in [4.78, 5) is 11.3. The van der Waals surface area contributed by atoms with Crippen molar-refractivity contribution in [2.75, 3.05) is 13.4 Å². The zero-order valence-electron chi connectivity index (χ0n) is 8.14. The molecular formula is C9H14O4S. The van der Waals surface area contributed by atoms with Gasteiger partial charge in [-0.1, -0.05) is 0 Å². The van der Waals surface area contributed by atoms with Gasteiger partial charge in [-0.2, -0.15) is 11.8 Å². The van der Waals surface area contributed by atoms with E-state index < -0.39 is 18.2 Å². The number of thioether (sulfide) groups is 1. The Balaban J connectivity index is 2.87. The van der Waals surface area contributed by atoms with E-state index in [1.54, 1.807) is 0 Å². The number of aliphatic hydroxyl groups excluding tert-OH is 2. The highest BCUT2D eigenvalue weighted by Crippen LogP contribution is 2.28. The van der Waals surface area contributed by atoms with Gasteiger partial charge in [0.25, 0.3) is 0 Å². The van der Waals surface area contributed by atoms with Gasteiger partial charge in [0.1, 0.15) is 0 Å². The molecule has 2 N–H and O–H groups in total. The normalized spacial score (nSPS) is 32.3. The molecule has 4 nitrogen and oxygen atoms in total. The van der Waals surface area contributed by atoms with Crippen LogP contribution in [0.5, 0.6) is 0 Å². The SMILES string of the molecule is COC(=O)C1=C[C@@H](O)[C@H](O)C[C@H]1SC. The molecule has 0 fully saturated rings. The number of hydrogen-bond donors (Lipinski definition) is 2. The van der Waals surface area contributed by atoms with Crippen LogP contribution in [-0.4, -0.2) is 47.0 Å². The Morgan fingerprint density at radius 2 is 2.29 bits per heavy atom. The number of aliphatic hydroxyl groups is 2. The van der Waals surface area contributed by atoms with Crippen molar-refractivity contribution >= 4 is 17.7 Å². The van der Waals surface area contributed by atoms with Crippen molar-refractivity contribution in [3.05, 3.63) is 11.6 Å². The lowest BCUT2D eigenvalue weighted by atomic mass is 9.94. The zero-order valence-corrected chi connectivity index (χ0v) is 8.95. The Morgan fingerprint density at radius 3 is 2.79 bits per heavy atom. The molecule has 5 heteroatoms. The van der Waals surface area contributed by atoms with E-state index in [2.05, 4.69) is 4.74 Å². The molecule has 3 atom stereocenters. The van der Waals surface area contributed by atoms with Crippen LogP contribution in [0.2, 0.25) is 0 Å². The summed E-state index contributed by atoms with van der Waals surface area (Å²) in [5, 5.41) is 18.7. The van der Waals surface area contributed by atoms with Crippen molar-refractivity contribution in [1.29, 1.82) is 0 Å². The van der Waals surface area contributed by atoms with Gasteiger partial charge in [0.15, 0.2) is 0 Å². The van der Waals surface area contributed by atoms with Crippen LogP contribution in [0.25, 0.3) is 0 Å². The molecule has 0 bridgehead atoms. The van der Waals surface area contributed by atoms with Gasteiger partial charge in [-0.05, 0) is 18.8 Å². The van der Waals surface area contributed by atoms with E-state index in [9.17, 15) is 15.0 Å². The third kappa shape index (κ3) is 2.29. The molecule has 80 valence electrons. The number of carbonyl (C=O) groups is 1. The average molecular weight is 218 g/mol. The summed E-state index contributed by atoms with van der Waals surface area (Å²) in [7, 11) is 1.30. The minimum Gasteiger partial charge on any atom is -0.466 e. The van der Waals surface area contributed by atoms with Crippen LogP contribution in [0.3, 0.4) is 0 Å². The third-order valence-corrected chi connectivity index (χ3v) is 3.27. The smallest absolute Gasteiger partial charge is 0.334 e. The molecule has 0 aromatic rings. The summed E-state index contributed by atoms with van der Waals surface area (Å²) >= 11 is 1.46. The number of hydrogen-bond acceptors (Lipinski definition) is 5. The van der Waals surface area contributed by atoms with Crippen molar-refractivity contribution in [2.45, 2.75) is 23.9 Å². The predicted molar refractivity (Wildman–Crippen MR) is 54.0 cm³/mol. The van der Waals surface area contributed by atoms with Crippen molar-refractivity contribution in [3.63, 3.8) is 0 Å². The van der Waals surface area contributed by atoms with Gasteiger partial charge in [0, 0.05) is 10.8 Å². The molecule has 1 aliphatic rings. The fourth-order valence-electron chi connectivity index (χ4n) is 1.43. The van der Waals surface area contributed by atoms with Gasteiger partial charge in [-0.3, -0.25) is 0 Å². The number of rotatable bonds is 2. The van der Waals surface area contributed by atoms with Crippen LogP contribution < -0.4 is 0 Å². The van der Waals surface area contributed by atoms with Gasteiger partial charge >= 0.3 is 5.97 Å². The Hall–Kier alpha value is -0.520. The van der Waals surface area contributed by atoms with E-state index in [1.807, 2.05) is 6.26 Å². The molecule has 0 amide bonds. The Kier molecular flexibility index (Phi) is 3.97. The van der Waals surface area contributed by atoms with E-state index in [1.165, 1.54) is 24.9 Å². The molecule has 0 aliphatic heterocycles. The molecule has 0 heterocycles. The van der Waals surface area contributed by atoms with Crippen molar-refractivity contribution in [2.24, 2.45) is 0 Å². The second kappa shape index (κ2) is 4.82. The van der Waals surface area contributed by atoms with E-state index in [-0.39, 0.29) is 5.25 Å². The summed E-state index contributed by atoms with van der Waals surface area (Å²) in [6.45, 7) is 0. The van der Waals surface area contributed by atoms with Gasteiger partial charge in [-0.25, -0.2) is 4.79 Å². The molecule has 0 aromatic carbocycles. The molecule has 1 aliphatic carbocycles. The summed E-state index contributed by atoms with van der Waals surface area (Å²) in [6, 6.07) is 0. The first-order chi connectivity index (χ1) is 6.60. The molecule has 14 heavy (non-hydrogen) atoms. The monoisotopic (exact) mass is 218 g/mol. The van der Waals surface area contributed by atoms with Crippen LogP contribution in [0.1, 0.15) is 6.42 Å². The molecule has 1 rings (SSSR count). The maximum atomic E-state index is 11.3. The molecule has 0 unspecified atom stereocenters. The van der Waals surface area contributed by atoms with Crippen LogP contribution in [0.15, 0.2) is 11.6 Å². The second-order valence-corrected chi connectivity index (χ2v) is 4.17. The second-order valence-electron chi connectivity index (χ2n) is 3.13. The number of esters is 1. The Bertz CT molecular complexity index is 251. The largest absolute Gasteiger partial charge is 0.466 e. The fourth-order valence-corrected chi connectivity index (χ4v) is 2.25. The van der Waals surface area contributed by atoms with E-state index >= 15 is 0 Å². The van der Waals surface area contributed by atoms with Crippen LogP contribution in [-0.2, 0) is 9.53 Å². The highest BCUT2D eigenvalue weighted by Gasteiger charge is 2.32. The predicted octanol–water partition coefficient (Wildman–Crippen LogP) is -0.0571. The minimum atomic E-state index is -0.965. The molecule has 0 saturated carbocycles. The lowest BCUT2D eigenvalue weighted by Gasteiger charge is -2.27. The molecule has 0 saturated heterocycles. The van der Waals surface area contributed by atoms with Gasteiger partial charge in [-0.15, -0.1) is 0 Å². The van der Waals surface area contributed by atoms with E-state index in [4.69, 9.17) is 0 Å². The van der Waals surface area contributed by atoms with E-state index in [0.29, 0.717) is 12.0 Å². The summed E-state index contributed by atoms with van der Waals surface area (Å²) in [6.07, 6.45) is 1.85. The topological polar surface area (TPSA) is 66.8 Å². The maximum absolute atomic E-state index is 11.3. The number of ether oxygens (including phenoxy) is 1. The highest BCUT2D eigenvalue weighted by atomic mass is 32.2. The summed E-state index contributed by atoms with van der Waals surface area (Å²) < 4.78 is 4.59. The number of carbonyl (C=O) groups excluding carboxylic acids is 1. The summed E-state index contributed by atoms with van der Waals surface area (Å²) in [5.74, 6) is -0.435. The quantitative estimate of drug-likeness (QED) is 0.636. The van der Waals surface area contributed by atoms with Gasteiger partial charge in [0.05, 0.1) is 19.3 Å². The first-order valence-electron chi connectivity index (χ1n) is 4.29. The summed E-state index contributed by atoms with van der Waals surface area (Å²) in [5.41, 5.74) is 0.442. The highest BCUT2D eigenvalue weighted by molar-refractivity contribution is 7.99. The van der Waals surface area contributed by atoms with Gasteiger partial charge in [0.2, 0.25) is 0 Å². The molecule has 0 aromatic heterocycles. The third-order valence-electron chi connectivity index (χ3n) is 2.25. The molecular weight excluding hydrogens is 204 g/mol. The Labute approximate surface area is 86.9 Å². The van der Waals surface area contributed by atoms with E-state index in [0.717, 1.165) is 0 Å². The first kappa shape index (κ1) is 11.6. The molecule has 0 radical (unpaired) electrons. The fraction of sp³-hybridized carbons (Fsp3) is 0.667. The Morgan fingerprint density at radius 1 is 1.64 bits per heavy atom. The van der Waals surface area contributed by atoms with Crippen molar-refractivity contribution < 1.29 is 19.7 Å². The maximum Gasteiger partial charge on any atom is 0.334 e. The first-order valence-corrected chi connectivity index (χ1v) is 5.58. The number of methoxy groups -OCH3 is 1. The standard InChI is InChI=1S/C9H14O4S/c1-13-9(12)5-3-6(10)7(11)4-8(5)14-2/h3,6-8,10-11H,4H2,1-2H3/t6-,7-,8-/m1/s1. The lowest BCUT2D eigenvalue weighted by molar-refractivity contribution is -0.136. The van der Waals surface area contributed by atoms with Crippen molar-refractivity contribution in [1.82, 2.24) is 0 Å². The van der Waals surface area contributed by atoms with Crippen molar-refractivity contribution in [3.8, 4) is 0 Å². The lowest BCUT2D eigenvalue weighted by Crippen LogP contribution is -2.35. The van der Waals surface area contributed by atoms with Gasteiger partial charge < -0.3 is 14.9 Å². The zero-order chi connectivity index (χ0) is 10.7. The van der Waals surface area contributed by atoms with Crippen LogP contribution in [0.4, 0.5) is 0 Å². The van der Waals surface area contributed by atoms with Crippen LogP contribution >= 0.6 is 11.8 Å². The molecule has 0 spiro atoms. The van der Waals surface area contributed by atoms with Crippen LogP contribution in [0, 0.1) is 0 Å². The minimum absolute atomic E-state index is 0.0964.